The quantitative estimate of drug-likeness (QED) is 0.291. The summed E-state index contributed by atoms with van der Waals surface area (Å²) in [5.74, 6) is -3.92. The zero-order valence-corrected chi connectivity index (χ0v) is 26.9. The van der Waals surface area contributed by atoms with Crippen LogP contribution in [0, 0.1) is 0 Å². The Hall–Kier alpha value is -2.68. The number of aromatic nitrogens is 2. The normalized spacial score (nSPS) is 25.9. The van der Waals surface area contributed by atoms with Gasteiger partial charge >= 0.3 is 19.4 Å². The van der Waals surface area contributed by atoms with Gasteiger partial charge in [-0.3, -0.25) is 23.7 Å². The third-order valence-corrected chi connectivity index (χ3v) is 14.1. The van der Waals surface area contributed by atoms with E-state index in [0.717, 1.165) is 12.3 Å². The molecule has 1 aromatic carbocycles. The molecule has 2 aliphatic heterocycles. The number of likely N-dealkylation sites (N-methyl/N-ethyl adjacent to an activating group) is 1. The van der Waals surface area contributed by atoms with Crippen molar-refractivity contribution in [2.75, 3.05) is 20.2 Å². The van der Waals surface area contributed by atoms with Gasteiger partial charge in [0.2, 0.25) is 12.1 Å². The zero-order valence-electron chi connectivity index (χ0n) is 25.0. The van der Waals surface area contributed by atoms with E-state index in [-0.39, 0.29) is 11.7 Å². The van der Waals surface area contributed by atoms with Crippen LogP contribution in [0.5, 0.6) is 5.75 Å². The Morgan fingerprint density at radius 3 is 2.47 bits per heavy atom. The molecule has 12 nitrogen and oxygen atoms in total. The number of hydrogen-bond acceptors (Lipinski definition) is 8. The number of para-hydroxylation sites is 1. The van der Waals surface area contributed by atoms with Gasteiger partial charge in [0.1, 0.15) is 18.0 Å². The molecule has 0 radical (unpaired) electrons. The Labute approximate surface area is 249 Å². The lowest BCUT2D eigenvalue weighted by molar-refractivity contribution is -0.138. The monoisotopic (exact) mass is 644 g/mol. The lowest BCUT2D eigenvalue weighted by atomic mass is 10.1. The van der Waals surface area contributed by atoms with Crippen LogP contribution in [0.3, 0.4) is 0 Å². The standard InChI is InChI=1S/C27H39F2N4O8PSi/c1-26(2,3)43(5,6)41-22-20(39-24(27(22,28)29)33-16-14-21(34)30-25(33)36)17-38-42(37,40-18-11-8-7-9-12-18)31-19-13-10-15-32(4)23(19)35/h7-9,11-12,14,16,19-20,22,24H,10,13,15,17H2,1-6H3,(H,31,37)(H,30,34,36)/t19?,20-,22-,24-,42?/m1/s1. The molecular weight excluding hydrogens is 605 g/mol. The van der Waals surface area contributed by atoms with E-state index in [1.807, 2.05) is 25.8 Å². The van der Waals surface area contributed by atoms with Gasteiger partial charge in [0, 0.05) is 25.9 Å². The van der Waals surface area contributed by atoms with Crippen molar-refractivity contribution in [2.45, 2.75) is 82.1 Å². The van der Waals surface area contributed by atoms with E-state index < -0.39 is 69.4 Å². The molecule has 2 aliphatic rings. The largest absolute Gasteiger partial charge is 0.459 e. The van der Waals surface area contributed by atoms with Gasteiger partial charge < -0.3 is 18.6 Å². The van der Waals surface area contributed by atoms with Crippen molar-refractivity contribution in [1.82, 2.24) is 19.5 Å². The molecule has 0 aliphatic carbocycles. The maximum Gasteiger partial charge on any atom is 0.459 e. The number of ether oxygens (including phenoxy) is 1. The summed E-state index contributed by atoms with van der Waals surface area (Å²) < 4.78 is 70.3. The van der Waals surface area contributed by atoms with Crippen LogP contribution in [-0.4, -0.2) is 73.0 Å². The summed E-state index contributed by atoms with van der Waals surface area (Å²) in [7, 11) is -5.62. The Balaban J connectivity index is 1.67. The topological polar surface area (TPSA) is 141 Å². The summed E-state index contributed by atoms with van der Waals surface area (Å²) in [4.78, 5) is 40.3. The van der Waals surface area contributed by atoms with Crippen LogP contribution in [0.2, 0.25) is 18.1 Å². The van der Waals surface area contributed by atoms with E-state index in [1.165, 1.54) is 17.0 Å². The number of piperidine rings is 1. The van der Waals surface area contributed by atoms with E-state index in [0.29, 0.717) is 24.0 Å². The number of benzene rings is 1. The van der Waals surface area contributed by atoms with Gasteiger partial charge in [-0.05, 0) is 43.1 Å². The van der Waals surface area contributed by atoms with Gasteiger partial charge in [-0.1, -0.05) is 39.0 Å². The maximum atomic E-state index is 16.1. The van der Waals surface area contributed by atoms with Crippen molar-refractivity contribution in [3.05, 3.63) is 63.4 Å². The molecule has 1 aromatic heterocycles. The number of likely N-dealkylation sites (tertiary alicyclic amines) is 1. The molecule has 5 atom stereocenters. The number of nitrogens with one attached hydrogen (secondary N) is 2. The second kappa shape index (κ2) is 12.4. The van der Waals surface area contributed by atoms with Crippen LogP contribution in [-0.2, 0) is 23.0 Å². The Kier molecular flexibility index (Phi) is 9.55. The molecule has 2 aromatic rings. The summed E-state index contributed by atoms with van der Waals surface area (Å²) >= 11 is 0. The van der Waals surface area contributed by atoms with Crippen molar-refractivity contribution < 1.29 is 36.4 Å². The first-order valence-electron chi connectivity index (χ1n) is 14.0. The highest BCUT2D eigenvalue weighted by atomic mass is 31.2. The number of carbonyl (C=O) groups is 1. The minimum Gasteiger partial charge on any atom is -0.413 e. The molecular formula is C27H39F2N4O8PSi. The Bertz CT molecular complexity index is 1470. The molecule has 1 amide bonds. The number of aromatic amines is 1. The number of nitrogens with zero attached hydrogens (tertiary/aromatic N) is 2. The number of halogens is 2. The second-order valence-electron chi connectivity index (χ2n) is 12.3. The summed E-state index contributed by atoms with van der Waals surface area (Å²) in [6.07, 6.45) is -3.67. The van der Waals surface area contributed by atoms with Gasteiger partial charge in [-0.25, -0.2) is 9.36 Å². The van der Waals surface area contributed by atoms with Gasteiger partial charge in [0.15, 0.2) is 8.32 Å². The SMILES string of the molecule is CN1CCCC(NP(=O)(OC[C@H]2O[C@@H](n3ccc(=O)[nH]c3=O)C(F)(F)[C@@H]2O[Si](C)(C)C(C)(C)C)Oc2ccccc2)C1=O. The molecule has 0 saturated carbocycles. The number of carbonyl (C=O) groups excluding carboxylic acids is 1. The summed E-state index contributed by atoms with van der Waals surface area (Å²) in [6.45, 7) is 9.06. The van der Waals surface area contributed by atoms with E-state index in [2.05, 4.69) is 5.09 Å². The highest BCUT2D eigenvalue weighted by Crippen LogP contribution is 2.50. The van der Waals surface area contributed by atoms with Crippen LogP contribution in [0.25, 0.3) is 0 Å². The summed E-state index contributed by atoms with van der Waals surface area (Å²) in [6, 6.07) is 8.13. The highest BCUT2D eigenvalue weighted by Gasteiger charge is 2.63. The van der Waals surface area contributed by atoms with Crippen molar-refractivity contribution in [2.24, 2.45) is 0 Å². The van der Waals surface area contributed by atoms with Gasteiger partial charge in [0.05, 0.1) is 12.6 Å². The van der Waals surface area contributed by atoms with Crippen molar-refractivity contribution in [3.8, 4) is 5.75 Å². The van der Waals surface area contributed by atoms with Gasteiger partial charge in [-0.2, -0.15) is 13.9 Å². The molecule has 0 spiro atoms. The van der Waals surface area contributed by atoms with Gasteiger partial charge in [0.25, 0.3) is 5.56 Å². The van der Waals surface area contributed by atoms with Crippen molar-refractivity contribution in [1.29, 1.82) is 0 Å². The molecule has 238 valence electrons. The number of H-pyrrole nitrogens is 1. The lowest BCUT2D eigenvalue weighted by Crippen LogP contribution is -2.52. The minimum absolute atomic E-state index is 0.166. The van der Waals surface area contributed by atoms with Crippen molar-refractivity contribution in [3.63, 3.8) is 0 Å². The van der Waals surface area contributed by atoms with Crippen molar-refractivity contribution >= 4 is 22.0 Å². The molecule has 43 heavy (non-hydrogen) atoms. The Morgan fingerprint density at radius 2 is 1.84 bits per heavy atom. The molecule has 2 fully saturated rings. The summed E-state index contributed by atoms with van der Waals surface area (Å²) in [5, 5.41) is 2.23. The molecule has 2 saturated heterocycles. The zero-order chi connectivity index (χ0) is 31.8. The number of alkyl halides is 2. The smallest absolute Gasteiger partial charge is 0.413 e. The minimum atomic E-state index is -4.37. The predicted octanol–water partition coefficient (Wildman–Crippen LogP) is 3.87. The van der Waals surface area contributed by atoms with E-state index in [4.69, 9.17) is 18.2 Å². The molecule has 3 heterocycles. The fourth-order valence-corrected chi connectivity index (χ4v) is 7.42. The van der Waals surface area contributed by atoms with Crippen LogP contribution < -0.4 is 20.9 Å². The number of hydrogen-bond donors (Lipinski definition) is 2. The average molecular weight is 645 g/mol. The van der Waals surface area contributed by atoms with E-state index >= 15 is 8.78 Å². The average Bonchev–Trinajstić information content (AvgIpc) is 3.14. The molecule has 2 unspecified atom stereocenters. The molecule has 2 N–H and O–H groups in total. The number of rotatable bonds is 10. The lowest BCUT2D eigenvalue weighted by Gasteiger charge is -2.40. The molecule has 16 heteroatoms. The van der Waals surface area contributed by atoms with Crippen LogP contribution >= 0.6 is 7.75 Å². The fraction of sp³-hybridized carbons (Fsp3) is 0.593. The fourth-order valence-electron chi connectivity index (χ4n) is 4.58. The highest BCUT2D eigenvalue weighted by molar-refractivity contribution is 7.52. The molecule has 0 bridgehead atoms. The maximum absolute atomic E-state index is 16.1. The van der Waals surface area contributed by atoms with E-state index in [1.54, 1.807) is 38.3 Å². The third-order valence-electron chi connectivity index (χ3n) is 8.03. The first-order valence-corrected chi connectivity index (χ1v) is 18.4. The molecule has 4 rings (SSSR count). The van der Waals surface area contributed by atoms with Crippen LogP contribution in [0.15, 0.2) is 52.2 Å². The first kappa shape index (κ1) is 33.2. The van der Waals surface area contributed by atoms with Gasteiger partial charge in [-0.15, -0.1) is 0 Å². The van der Waals surface area contributed by atoms with Crippen LogP contribution in [0.1, 0.15) is 39.8 Å². The second-order valence-corrected chi connectivity index (χ2v) is 18.7. The predicted molar refractivity (Wildman–Crippen MR) is 157 cm³/mol. The van der Waals surface area contributed by atoms with E-state index in [9.17, 15) is 18.9 Å². The number of amides is 1. The first-order chi connectivity index (χ1) is 19.9. The summed E-state index contributed by atoms with van der Waals surface area (Å²) in [5.41, 5.74) is -1.85. The van der Waals surface area contributed by atoms with Crippen LogP contribution in [0.4, 0.5) is 8.78 Å². The third kappa shape index (κ3) is 7.35. The Morgan fingerprint density at radius 1 is 1.16 bits per heavy atom.